The van der Waals surface area contributed by atoms with Gasteiger partial charge in [0.2, 0.25) is 0 Å². The Morgan fingerprint density at radius 1 is 0.789 bits per heavy atom. The van der Waals surface area contributed by atoms with Crippen LogP contribution in [-0.2, 0) is 0 Å². The second-order valence-corrected chi connectivity index (χ2v) is 9.30. The molecule has 0 saturated carbocycles. The lowest BCUT2D eigenvalue weighted by molar-refractivity contribution is 0.103. The first-order valence-electron chi connectivity index (χ1n) is 12.9. The van der Waals surface area contributed by atoms with Crippen molar-refractivity contribution >= 4 is 5.78 Å². The number of carbonyl (C=O) groups excluding carboxylic acids is 1. The van der Waals surface area contributed by atoms with Gasteiger partial charge in [-0.25, -0.2) is 0 Å². The van der Waals surface area contributed by atoms with Crippen LogP contribution in [0.2, 0.25) is 0 Å². The first-order valence-corrected chi connectivity index (χ1v) is 12.9. The fraction of sp³-hybridized carbons (Fsp3) is 0.290. The molecule has 1 fully saturated rings. The van der Waals surface area contributed by atoms with Gasteiger partial charge in [0.25, 0.3) is 0 Å². The monoisotopic (exact) mass is 512 g/mol. The Labute approximate surface area is 222 Å². The zero-order valence-electron chi connectivity index (χ0n) is 21.8. The van der Waals surface area contributed by atoms with E-state index in [0.29, 0.717) is 34.9 Å². The molecule has 196 valence electrons. The Balaban J connectivity index is 1.40. The van der Waals surface area contributed by atoms with Crippen molar-refractivity contribution in [1.82, 2.24) is 10.1 Å². The molecular formula is C31H32N2O5. The van der Waals surface area contributed by atoms with Crippen molar-refractivity contribution in [2.24, 2.45) is 0 Å². The largest absolute Gasteiger partial charge is 0.497 e. The molecule has 7 nitrogen and oxygen atoms in total. The number of aromatic nitrogens is 1. The average molecular weight is 513 g/mol. The summed E-state index contributed by atoms with van der Waals surface area (Å²) in [6.07, 6.45) is 3.84. The molecule has 4 aromatic rings. The summed E-state index contributed by atoms with van der Waals surface area (Å²) in [7, 11) is 3.23. The van der Waals surface area contributed by atoms with Crippen LogP contribution in [0.4, 0.5) is 0 Å². The van der Waals surface area contributed by atoms with Crippen LogP contribution >= 0.6 is 0 Å². The number of methoxy groups -OCH3 is 2. The van der Waals surface area contributed by atoms with Gasteiger partial charge in [-0.1, -0.05) is 11.6 Å². The van der Waals surface area contributed by atoms with E-state index in [0.717, 1.165) is 42.3 Å². The third-order valence-corrected chi connectivity index (χ3v) is 6.88. The smallest absolute Gasteiger partial charge is 0.199 e. The van der Waals surface area contributed by atoms with Crippen molar-refractivity contribution in [3.05, 3.63) is 83.9 Å². The Morgan fingerprint density at radius 2 is 1.37 bits per heavy atom. The second kappa shape index (κ2) is 12.0. The van der Waals surface area contributed by atoms with E-state index in [4.69, 9.17) is 18.7 Å². The van der Waals surface area contributed by atoms with Crippen LogP contribution in [0.5, 0.6) is 17.2 Å². The van der Waals surface area contributed by atoms with E-state index < -0.39 is 0 Å². The van der Waals surface area contributed by atoms with Gasteiger partial charge in [0, 0.05) is 23.2 Å². The minimum absolute atomic E-state index is 0.178. The Morgan fingerprint density at radius 3 is 1.97 bits per heavy atom. The number of carbonyl (C=O) groups is 1. The lowest BCUT2D eigenvalue weighted by Gasteiger charge is -2.26. The van der Waals surface area contributed by atoms with Crippen molar-refractivity contribution in [3.8, 4) is 39.8 Å². The van der Waals surface area contributed by atoms with Crippen LogP contribution in [0.3, 0.4) is 0 Å². The van der Waals surface area contributed by atoms with Crippen LogP contribution in [0.15, 0.2) is 77.3 Å². The lowest BCUT2D eigenvalue weighted by Crippen LogP contribution is -2.33. The summed E-state index contributed by atoms with van der Waals surface area (Å²) in [6, 6.07) is 22.0. The maximum Gasteiger partial charge on any atom is 0.199 e. The number of ketones is 1. The molecule has 5 rings (SSSR count). The normalized spacial score (nSPS) is 13.7. The van der Waals surface area contributed by atoms with Gasteiger partial charge in [-0.2, -0.15) is 0 Å². The highest BCUT2D eigenvalue weighted by Crippen LogP contribution is 2.35. The summed E-state index contributed by atoms with van der Waals surface area (Å²) in [5.41, 5.74) is 2.90. The number of benzene rings is 3. The number of piperidine rings is 1. The highest BCUT2D eigenvalue weighted by atomic mass is 16.5. The summed E-state index contributed by atoms with van der Waals surface area (Å²) in [5.74, 6) is 2.41. The van der Waals surface area contributed by atoms with Crippen molar-refractivity contribution in [1.29, 1.82) is 0 Å². The van der Waals surface area contributed by atoms with E-state index >= 15 is 0 Å². The summed E-state index contributed by atoms with van der Waals surface area (Å²) in [5, 5.41) is 4.31. The van der Waals surface area contributed by atoms with E-state index in [1.54, 1.807) is 26.4 Å². The van der Waals surface area contributed by atoms with E-state index in [9.17, 15) is 4.79 Å². The topological polar surface area (TPSA) is 74.0 Å². The first-order chi connectivity index (χ1) is 18.7. The van der Waals surface area contributed by atoms with Gasteiger partial charge in [-0.3, -0.25) is 9.69 Å². The van der Waals surface area contributed by atoms with Crippen LogP contribution in [0.1, 0.15) is 35.2 Å². The zero-order valence-corrected chi connectivity index (χ0v) is 21.8. The number of nitrogens with zero attached hydrogens (tertiary/aromatic N) is 2. The molecule has 0 atom stereocenters. The van der Waals surface area contributed by atoms with E-state index in [1.807, 2.05) is 60.7 Å². The molecule has 0 spiro atoms. The van der Waals surface area contributed by atoms with Crippen LogP contribution in [-0.4, -0.2) is 56.3 Å². The fourth-order valence-electron chi connectivity index (χ4n) is 4.71. The highest BCUT2D eigenvalue weighted by Gasteiger charge is 2.26. The summed E-state index contributed by atoms with van der Waals surface area (Å²) in [4.78, 5) is 16.3. The summed E-state index contributed by atoms with van der Waals surface area (Å²) < 4.78 is 22.3. The van der Waals surface area contributed by atoms with Gasteiger partial charge in [-0.15, -0.1) is 0 Å². The van der Waals surface area contributed by atoms with Gasteiger partial charge in [0.1, 0.15) is 29.5 Å². The molecule has 0 bridgehead atoms. The number of rotatable bonds is 10. The molecule has 0 aliphatic carbocycles. The Kier molecular flexibility index (Phi) is 8.04. The van der Waals surface area contributed by atoms with Gasteiger partial charge in [0.05, 0.1) is 19.8 Å². The molecule has 1 aromatic heterocycles. The maximum absolute atomic E-state index is 13.9. The van der Waals surface area contributed by atoms with Crippen molar-refractivity contribution in [2.75, 3.05) is 40.5 Å². The third-order valence-electron chi connectivity index (χ3n) is 6.88. The van der Waals surface area contributed by atoms with Crippen LogP contribution < -0.4 is 14.2 Å². The molecule has 0 radical (unpaired) electrons. The van der Waals surface area contributed by atoms with Gasteiger partial charge in [-0.05, 0) is 98.7 Å². The number of hydrogen-bond donors (Lipinski definition) is 0. The van der Waals surface area contributed by atoms with Gasteiger partial charge < -0.3 is 18.7 Å². The van der Waals surface area contributed by atoms with Crippen molar-refractivity contribution in [2.45, 2.75) is 19.3 Å². The zero-order chi connectivity index (χ0) is 26.3. The lowest BCUT2D eigenvalue weighted by atomic mass is 9.95. The Hall–Kier alpha value is -4.10. The molecule has 0 N–H and O–H groups in total. The SMILES string of the molecule is COc1ccc(-c2noc(-c3ccc(OC)cc3)c2C(=O)c2ccc(OCCN3CCCCC3)cc2)cc1. The molecule has 0 amide bonds. The van der Waals surface area contributed by atoms with Crippen LogP contribution in [0, 0.1) is 0 Å². The molecule has 1 aliphatic heterocycles. The molecule has 2 heterocycles. The minimum atomic E-state index is -0.178. The second-order valence-electron chi connectivity index (χ2n) is 9.30. The molecule has 38 heavy (non-hydrogen) atoms. The molecular weight excluding hydrogens is 480 g/mol. The van der Waals surface area contributed by atoms with Crippen molar-refractivity contribution in [3.63, 3.8) is 0 Å². The maximum atomic E-state index is 13.9. The van der Waals surface area contributed by atoms with Gasteiger partial charge in [0.15, 0.2) is 11.5 Å². The van der Waals surface area contributed by atoms with Gasteiger partial charge >= 0.3 is 0 Å². The summed E-state index contributed by atoms with van der Waals surface area (Å²) >= 11 is 0. The number of ether oxygens (including phenoxy) is 3. The van der Waals surface area contributed by atoms with E-state index in [2.05, 4.69) is 10.1 Å². The standard InChI is InChI=1S/C31H32N2O5/c1-35-25-12-6-22(7-13-25)29-28(31(38-32-29)24-10-14-26(36-2)15-11-24)30(34)23-8-16-27(17-9-23)37-21-20-33-18-4-3-5-19-33/h6-17H,3-5,18-21H2,1-2H3. The first kappa shape index (κ1) is 25.5. The molecule has 0 unspecified atom stereocenters. The van der Waals surface area contributed by atoms with E-state index in [-0.39, 0.29) is 5.78 Å². The molecule has 7 heteroatoms. The Bertz CT molecular complexity index is 1270. The minimum Gasteiger partial charge on any atom is -0.497 e. The number of likely N-dealkylation sites (tertiary alicyclic amines) is 1. The summed E-state index contributed by atoms with van der Waals surface area (Å²) in [6.45, 7) is 3.82. The molecule has 1 aliphatic rings. The quantitative estimate of drug-likeness (QED) is 0.237. The van der Waals surface area contributed by atoms with E-state index in [1.165, 1.54) is 19.3 Å². The average Bonchev–Trinajstić information content (AvgIpc) is 3.43. The molecule has 1 saturated heterocycles. The predicted octanol–water partition coefficient (Wildman–Crippen LogP) is 6.12. The van der Waals surface area contributed by atoms with Crippen molar-refractivity contribution < 1.29 is 23.5 Å². The highest BCUT2D eigenvalue weighted by molar-refractivity contribution is 6.15. The van der Waals surface area contributed by atoms with Crippen LogP contribution in [0.25, 0.3) is 22.6 Å². The predicted molar refractivity (Wildman–Crippen MR) is 146 cm³/mol. The number of hydrogen-bond acceptors (Lipinski definition) is 7. The fourth-order valence-corrected chi connectivity index (χ4v) is 4.71. The molecule has 3 aromatic carbocycles. The third kappa shape index (κ3) is 5.73.